The van der Waals surface area contributed by atoms with Crippen LogP contribution >= 0.6 is 7.60 Å². The van der Waals surface area contributed by atoms with Gasteiger partial charge in [0.2, 0.25) is 0 Å². The van der Waals surface area contributed by atoms with Gasteiger partial charge in [-0.3, -0.25) is 9.36 Å². The number of Topliss-reactive ketones (excluding diaryl/α,β-unsaturated/α-hetero) is 1. The van der Waals surface area contributed by atoms with Gasteiger partial charge in [0.25, 0.3) is 0 Å². The lowest BCUT2D eigenvalue weighted by Gasteiger charge is -2.16. The van der Waals surface area contributed by atoms with Crippen molar-refractivity contribution >= 4 is 13.4 Å². The number of ketones is 1. The van der Waals surface area contributed by atoms with E-state index in [9.17, 15) is 9.36 Å². The van der Waals surface area contributed by atoms with E-state index in [-0.39, 0.29) is 18.7 Å². The van der Waals surface area contributed by atoms with Crippen LogP contribution in [0.3, 0.4) is 0 Å². The van der Waals surface area contributed by atoms with Crippen molar-refractivity contribution in [3.63, 3.8) is 0 Å². The molecule has 0 atom stereocenters. The van der Waals surface area contributed by atoms with Gasteiger partial charge in [-0.25, -0.2) is 0 Å². The first kappa shape index (κ1) is 14.8. The lowest BCUT2D eigenvalue weighted by Crippen LogP contribution is -2.06. The highest BCUT2D eigenvalue weighted by Gasteiger charge is 2.23. The van der Waals surface area contributed by atoms with Crippen LogP contribution in [0.4, 0.5) is 0 Å². The van der Waals surface area contributed by atoms with E-state index in [0.29, 0.717) is 19.6 Å². The second-order valence-electron chi connectivity index (χ2n) is 2.94. The summed E-state index contributed by atoms with van der Waals surface area (Å²) in [6.07, 6.45) is 0.222. The molecule has 0 fully saturated rings. The summed E-state index contributed by atoms with van der Waals surface area (Å²) in [7, 11) is -3.11. The normalized spacial score (nSPS) is 11.7. The summed E-state index contributed by atoms with van der Waals surface area (Å²) in [5.74, 6) is 0.0395. The second kappa shape index (κ2) is 7.99. The van der Waals surface area contributed by atoms with E-state index in [1.807, 2.05) is 0 Å². The Morgan fingerprint density at radius 1 is 1.20 bits per heavy atom. The fraction of sp³-hybridized carbons (Fsp3) is 0.889. The predicted molar refractivity (Wildman–Crippen MR) is 57.0 cm³/mol. The van der Waals surface area contributed by atoms with Crippen molar-refractivity contribution in [1.29, 1.82) is 0 Å². The van der Waals surface area contributed by atoms with Gasteiger partial charge in [-0.15, -0.1) is 0 Å². The van der Waals surface area contributed by atoms with Crippen molar-refractivity contribution in [1.82, 2.24) is 0 Å². The number of ether oxygens (including phenoxy) is 1. The summed E-state index contributed by atoms with van der Waals surface area (Å²) in [4.78, 5) is 10.6. The molecule has 0 saturated heterocycles. The molecule has 0 aromatic heterocycles. The van der Waals surface area contributed by atoms with Crippen LogP contribution in [0.1, 0.15) is 27.2 Å². The molecule has 0 unspecified atom stereocenters. The molecule has 0 aromatic carbocycles. The summed E-state index contributed by atoms with van der Waals surface area (Å²) in [5.41, 5.74) is 0. The molecule has 0 aliphatic heterocycles. The average Bonchev–Trinajstić information content (AvgIpc) is 2.13. The Labute approximate surface area is 90.6 Å². The molecule has 0 aromatic rings. The molecule has 0 aliphatic rings. The molecule has 5 nitrogen and oxygen atoms in total. The number of hydrogen-bond donors (Lipinski definition) is 0. The van der Waals surface area contributed by atoms with Crippen LogP contribution in [-0.2, 0) is 23.1 Å². The molecule has 6 heteroatoms. The van der Waals surface area contributed by atoms with Crippen molar-refractivity contribution in [3.8, 4) is 0 Å². The lowest BCUT2D eigenvalue weighted by molar-refractivity contribution is -0.117. The Morgan fingerprint density at radius 2 is 1.73 bits per heavy atom. The molecule has 90 valence electrons. The van der Waals surface area contributed by atoms with Gasteiger partial charge < -0.3 is 13.8 Å². The Morgan fingerprint density at radius 3 is 2.13 bits per heavy atom. The van der Waals surface area contributed by atoms with Crippen LogP contribution in [0.2, 0.25) is 0 Å². The van der Waals surface area contributed by atoms with Crippen LogP contribution in [0, 0.1) is 0 Å². The molecule has 0 radical (unpaired) electrons. The molecule has 0 amide bonds. The van der Waals surface area contributed by atoms with Crippen molar-refractivity contribution in [3.05, 3.63) is 0 Å². The number of carbonyl (C=O) groups is 1. The first-order valence-electron chi connectivity index (χ1n) is 4.99. The van der Waals surface area contributed by atoms with Crippen LogP contribution in [0.15, 0.2) is 0 Å². The molecule has 0 aliphatic carbocycles. The van der Waals surface area contributed by atoms with Gasteiger partial charge in [0, 0.05) is 6.42 Å². The van der Waals surface area contributed by atoms with E-state index >= 15 is 0 Å². The van der Waals surface area contributed by atoms with Gasteiger partial charge in [-0.05, 0) is 20.8 Å². The lowest BCUT2D eigenvalue weighted by atomic mass is 10.3. The highest BCUT2D eigenvalue weighted by Crippen LogP contribution is 2.47. The summed E-state index contributed by atoms with van der Waals surface area (Å²) in [6.45, 7) is 5.83. The van der Waals surface area contributed by atoms with Crippen molar-refractivity contribution < 1.29 is 23.1 Å². The van der Waals surface area contributed by atoms with E-state index in [2.05, 4.69) is 0 Å². The summed E-state index contributed by atoms with van der Waals surface area (Å²) in [6, 6.07) is 0. The quantitative estimate of drug-likeness (QED) is 0.455. The van der Waals surface area contributed by atoms with Crippen molar-refractivity contribution in [2.24, 2.45) is 0 Å². The van der Waals surface area contributed by atoms with Gasteiger partial charge in [-0.1, -0.05) is 0 Å². The van der Waals surface area contributed by atoms with Gasteiger partial charge in [-0.2, -0.15) is 0 Å². The maximum Gasteiger partial charge on any atom is 0.356 e. The third-order valence-corrected chi connectivity index (χ3v) is 3.30. The molecule has 0 N–H and O–H groups in total. The summed E-state index contributed by atoms with van der Waals surface area (Å²) < 4.78 is 26.9. The zero-order valence-corrected chi connectivity index (χ0v) is 10.4. The molecule has 0 saturated carbocycles. The van der Waals surface area contributed by atoms with Gasteiger partial charge in [0.05, 0.1) is 19.8 Å². The highest BCUT2D eigenvalue weighted by atomic mass is 31.2. The van der Waals surface area contributed by atoms with Crippen molar-refractivity contribution in [2.45, 2.75) is 27.2 Å². The van der Waals surface area contributed by atoms with Crippen LogP contribution < -0.4 is 0 Å². The van der Waals surface area contributed by atoms with Gasteiger partial charge >= 0.3 is 7.60 Å². The first-order chi connectivity index (χ1) is 7.04. The summed E-state index contributed by atoms with van der Waals surface area (Å²) >= 11 is 0. The zero-order valence-electron chi connectivity index (χ0n) is 9.52. The summed E-state index contributed by atoms with van der Waals surface area (Å²) in [5, 5.41) is 0. The molecule has 0 heterocycles. The topological polar surface area (TPSA) is 61.8 Å². The number of carbonyl (C=O) groups excluding carboxylic acids is 1. The van der Waals surface area contributed by atoms with Gasteiger partial charge in [0.15, 0.2) is 0 Å². The SMILES string of the molecule is CCOP(=O)(COCCC(C)=O)OCC. The zero-order chi connectivity index (χ0) is 11.7. The maximum absolute atomic E-state index is 11.8. The monoisotopic (exact) mass is 238 g/mol. The van der Waals surface area contributed by atoms with Crippen LogP contribution in [-0.4, -0.2) is 32.0 Å². The fourth-order valence-electron chi connectivity index (χ4n) is 0.897. The van der Waals surface area contributed by atoms with E-state index in [1.54, 1.807) is 13.8 Å². The Bertz CT molecular complexity index is 219. The molecule has 0 bridgehead atoms. The third kappa shape index (κ3) is 7.68. The Balaban J connectivity index is 3.85. The molecule has 0 spiro atoms. The number of hydrogen-bond acceptors (Lipinski definition) is 5. The van der Waals surface area contributed by atoms with E-state index in [4.69, 9.17) is 13.8 Å². The van der Waals surface area contributed by atoms with E-state index in [1.165, 1.54) is 6.92 Å². The van der Waals surface area contributed by atoms with E-state index in [0.717, 1.165) is 0 Å². The minimum atomic E-state index is -3.11. The Kier molecular flexibility index (Phi) is 7.88. The standard InChI is InChI=1S/C9H19O5P/c1-4-13-15(11,14-5-2)8-12-7-6-9(3)10/h4-8H2,1-3H3. The average molecular weight is 238 g/mol. The smallest absolute Gasteiger partial charge is 0.356 e. The predicted octanol–water partition coefficient (Wildman–Crippen LogP) is 2.21. The molecule has 0 rings (SSSR count). The molecular weight excluding hydrogens is 219 g/mol. The second-order valence-corrected chi connectivity index (χ2v) is 4.93. The minimum absolute atomic E-state index is 0.0395. The number of rotatable bonds is 9. The van der Waals surface area contributed by atoms with Gasteiger partial charge in [0.1, 0.15) is 12.1 Å². The highest BCUT2D eigenvalue weighted by molar-refractivity contribution is 7.53. The molecular formula is C9H19O5P. The van der Waals surface area contributed by atoms with E-state index < -0.39 is 7.60 Å². The minimum Gasteiger partial charge on any atom is -0.368 e. The maximum atomic E-state index is 11.8. The Hall–Kier alpha value is -0.220. The van der Waals surface area contributed by atoms with Crippen molar-refractivity contribution in [2.75, 3.05) is 26.2 Å². The van der Waals surface area contributed by atoms with Crippen LogP contribution in [0.25, 0.3) is 0 Å². The third-order valence-electron chi connectivity index (χ3n) is 1.50. The fourth-order valence-corrected chi connectivity index (χ4v) is 2.26. The molecule has 15 heavy (non-hydrogen) atoms. The first-order valence-corrected chi connectivity index (χ1v) is 6.72. The largest absolute Gasteiger partial charge is 0.368 e. The van der Waals surface area contributed by atoms with Crippen LogP contribution in [0.5, 0.6) is 0 Å².